The van der Waals surface area contributed by atoms with Gasteiger partial charge in [0.2, 0.25) is 0 Å². The number of benzene rings is 1. The zero-order valence-corrected chi connectivity index (χ0v) is 18.1. The minimum atomic E-state index is -0.749. The Bertz CT molecular complexity index is 956. The molecule has 32 heavy (non-hydrogen) atoms. The van der Waals surface area contributed by atoms with Gasteiger partial charge in [-0.1, -0.05) is 37.5 Å². The Hall–Kier alpha value is -3.42. The number of amides is 1. The van der Waals surface area contributed by atoms with Gasteiger partial charge in [-0.2, -0.15) is 0 Å². The van der Waals surface area contributed by atoms with Gasteiger partial charge in [-0.25, -0.2) is 9.59 Å². The maximum atomic E-state index is 12.6. The van der Waals surface area contributed by atoms with E-state index in [1.165, 1.54) is 6.08 Å². The van der Waals surface area contributed by atoms with Crippen molar-refractivity contribution in [3.63, 3.8) is 0 Å². The summed E-state index contributed by atoms with van der Waals surface area (Å²) in [5.41, 5.74) is 1.54. The second-order valence-corrected chi connectivity index (χ2v) is 7.92. The van der Waals surface area contributed by atoms with E-state index in [9.17, 15) is 9.59 Å². The van der Waals surface area contributed by atoms with E-state index in [-0.39, 0.29) is 25.4 Å². The first kappa shape index (κ1) is 21.8. The smallest absolute Gasteiger partial charge is 0.493 e. The fourth-order valence-electron chi connectivity index (χ4n) is 4.67. The van der Waals surface area contributed by atoms with E-state index >= 15 is 0 Å². The molecule has 0 aromatic heterocycles. The summed E-state index contributed by atoms with van der Waals surface area (Å²) in [6.45, 7) is 8.26. The van der Waals surface area contributed by atoms with E-state index in [2.05, 4.69) is 13.2 Å². The fourth-order valence-corrected chi connectivity index (χ4v) is 4.67. The molecule has 0 fully saturated rings. The van der Waals surface area contributed by atoms with Crippen LogP contribution in [0.15, 0.2) is 49.6 Å². The van der Waals surface area contributed by atoms with E-state index in [4.69, 9.17) is 23.7 Å². The van der Waals surface area contributed by atoms with Crippen molar-refractivity contribution in [2.24, 2.45) is 0 Å². The second-order valence-electron chi connectivity index (χ2n) is 7.92. The average Bonchev–Trinajstić information content (AvgIpc) is 3.03. The highest BCUT2D eigenvalue weighted by Crippen LogP contribution is 2.56. The number of hydrogen-bond donors (Lipinski definition) is 0. The zero-order chi connectivity index (χ0) is 22.7. The zero-order valence-electron chi connectivity index (χ0n) is 18.1. The van der Waals surface area contributed by atoms with Crippen LogP contribution in [0.5, 0.6) is 11.5 Å². The number of carbonyl (C=O) groups excluding carboxylic acids is 2. The standard InChI is InChI=1S/C24H27NO7/c1-4-12-29-22(26)25-11-10-24-9-8-17(31-23(27)30-13-5-2)14-19(24)32-21-18(28-3)7-6-16(15-25)20(21)24/h4-9,17,19H,1-2,10-15H2,3H3/t17?,19-,24?/m1/s1. The first-order chi connectivity index (χ1) is 15.5. The monoisotopic (exact) mass is 441 g/mol. The van der Waals surface area contributed by atoms with Gasteiger partial charge >= 0.3 is 12.2 Å². The van der Waals surface area contributed by atoms with Crippen LogP contribution in [0.25, 0.3) is 0 Å². The van der Waals surface area contributed by atoms with Crippen LogP contribution in [0.1, 0.15) is 24.0 Å². The van der Waals surface area contributed by atoms with E-state index < -0.39 is 17.7 Å². The first-order valence-corrected chi connectivity index (χ1v) is 10.6. The lowest BCUT2D eigenvalue weighted by atomic mass is 9.69. The molecule has 0 N–H and O–H groups in total. The molecule has 3 aliphatic rings. The van der Waals surface area contributed by atoms with Crippen molar-refractivity contribution >= 4 is 12.2 Å². The number of ether oxygens (including phenoxy) is 5. The van der Waals surface area contributed by atoms with Crippen LogP contribution in [-0.4, -0.2) is 56.2 Å². The summed E-state index contributed by atoms with van der Waals surface area (Å²) in [5.74, 6) is 1.31. The van der Waals surface area contributed by atoms with Crippen LogP contribution >= 0.6 is 0 Å². The minimum Gasteiger partial charge on any atom is -0.493 e. The molecule has 0 bridgehead atoms. The molecule has 0 saturated heterocycles. The van der Waals surface area contributed by atoms with Gasteiger partial charge in [0.15, 0.2) is 11.5 Å². The third kappa shape index (κ3) is 3.81. The highest BCUT2D eigenvalue weighted by atomic mass is 16.7. The number of nitrogens with zero attached hydrogens (tertiary/aromatic N) is 1. The Balaban J connectivity index is 1.64. The molecule has 1 aliphatic carbocycles. The summed E-state index contributed by atoms with van der Waals surface area (Å²) in [7, 11) is 1.60. The molecular weight excluding hydrogens is 414 g/mol. The summed E-state index contributed by atoms with van der Waals surface area (Å²) in [4.78, 5) is 26.2. The molecule has 2 heterocycles. The second kappa shape index (κ2) is 8.98. The van der Waals surface area contributed by atoms with Crippen molar-refractivity contribution in [2.45, 2.75) is 37.0 Å². The quantitative estimate of drug-likeness (QED) is 0.489. The molecule has 8 heteroatoms. The molecule has 1 amide bonds. The summed E-state index contributed by atoms with van der Waals surface area (Å²) in [5, 5.41) is 0. The van der Waals surface area contributed by atoms with Gasteiger partial charge in [0.05, 0.1) is 12.5 Å². The third-order valence-electron chi connectivity index (χ3n) is 6.09. The van der Waals surface area contributed by atoms with E-state index in [1.807, 2.05) is 24.3 Å². The lowest BCUT2D eigenvalue weighted by Gasteiger charge is -2.36. The SMILES string of the molecule is C=CCOC(=O)OC1C=CC23CCN(C(=O)OCC=C)Cc4ccc(OC)c(c42)O[C@@H]3C1. The van der Waals surface area contributed by atoms with E-state index in [0.29, 0.717) is 37.4 Å². The van der Waals surface area contributed by atoms with Gasteiger partial charge in [0, 0.05) is 25.1 Å². The highest BCUT2D eigenvalue weighted by molar-refractivity contribution is 5.69. The Labute approximate surface area is 187 Å². The van der Waals surface area contributed by atoms with Crippen LogP contribution < -0.4 is 9.47 Å². The Kier molecular flexibility index (Phi) is 6.12. The van der Waals surface area contributed by atoms with Crippen LogP contribution in [0, 0.1) is 0 Å². The Morgan fingerprint density at radius 3 is 2.78 bits per heavy atom. The molecule has 1 aromatic rings. The molecule has 1 spiro atoms. The van der Waals surface area contributed by atoms with Gasteiger partial charge in [-0.05, 0) is 24.1 Å². The van der Waals surface area contributed by atoms with Crippen LogP contribution in [0.3, 0.4) is 0 Å². The number of hydrogen-bond acceptors (Lipinski definition) is 7. The van der Waals surface area contributed by atoms with Gasteiger partial charge in [-0.3, -0.25) is 0 Å². The number of rotatable bonds is 6. The summed E-state index contributed by atoms with van der Waals surface area (Å²) < 4.78 is 27.6. The molecule has 8 nitrogen and oxygen atoms in total. The van der Waals surface area contributed by atoms with Crippen molar-refractivity contribution in [2.75, 3.05) is 26.9 Å². The maximum Gasteiger partial charge on any atom is 0.509 e. The lowest BCUT2D eigenvalue weighted by molar-refractivity contribution is 0.0178. The molecular formula is C24H27NO7. The predicted molar refractivity (Wildman–Crippen MR) is 116 cm³/mol. The van der Waals surface area contributed by atoms with Crippen molar-refractivity contribution in [1.82, 2.24) is 4.90 Å². The van der Waals surface area contributed by atoms with Crippen LogP contribution in [-0.2, 0) is 26.2 Å². The number of carbonyl (C=O) groups is 2. The van der Waals surface area contributed by atoms with Crippen molar-refractivity contribution in [3.05, 3.63) is 60.7 Å². The molecule has 3 atom stereocenters. The molecule has 4 rings (SSSR count). The van der Waals surface area contributed by atoms with Crippen molar-refractivity contribution in [1.29, 1.82) is 0 Å². The molecule has 2 aliphatic heterocycles. The molecule has 1 aromatic carbocycles. The van der Waals surface area contributed by atoms with Gasteiger partial charge in [0.25, 0.3) is 0 Å². The molecule has 2 unspecified atom stereocenters. The average molecular weight is 441 g/mol. The topological polar surface area (TPSA) is 83.5 Å². The maximum absolute atomic E-state index is 12.6. The largest absolute Gasteiger partial charge is 0.509 e. The highest BCUT2D eigenvalue weighted by Gasteiger charge is 2.53. The summed E-state index contributed by atoms with van der Waals surface area (Å²) >= 11 is 0. The molecule has 170 valence electrons. The van der Waals surface area contributed by atoms with Gasteiger partial charge < -0.3 is 28.6 Å². The molecule has 0 radical (unpaired) electrons. The van der Waals surface area contributed by atoms with Crippen LogP contribution in [0.4, 0.5) is 9.59 Å². The Morgan fingerprint density at radius 1 is 1.25 bits per heavy atom. The van der Waals surface area contributed by atoms with E-state index in [1.54, 1.807) is 18.1 Å². The lowest BCUT2D eigenvalue weighted by Crippen LogP contribution is -2.44. The minimum absolute atomic E-state index is 0.0862. The first-order valence-electron chi connectivity index (χ1n) is 10.6. The van der Waals surface area contributed by atoms with Gasteiger partial charge in [-0.15, -0.1) is 0 Å². The Morgan fingerprint density at radius 2 is 2.03 bits per heavy atom. The van der Waals surface area contributed by atoms with Crippen molar-refractivity contribution in [3.8, 4) is 11.5 Å². The number of methoxy groups -OCH3 is 1. The van der Waals surface area contributed by atoms with Crippen molar-refractivity contribution < 1.29 is 33.3 Å². The summed E-state index contributed by atoms with van der Waals surface area (Å²) in [6.07, 6.45) is 6.15. The predicted octanol–water partition coefficient (Wildman–Crippen LogP) is 3.89. The fraction of sp³-hybridized carbons (Fsp3) is 0.417. The normalized spacial score (nSPS) is 24.8. The molecule has 0 saturated carbocycles. The van der Waals surface area contributed by atoms with E-state index in [0.717, 1.165) is 11.1 Å². The van der Waals surface area contributed by atoms with Crippen LogP contribution in [0.2, 0.25) is 0 Å². The third-order valence-corrected chi connectivity index (χ3v) is 6.09. The van der Waals surface area contributed by atoms with Gasteiger partial charge in [0.1, 0.15) is 25.4 Å². The summed E-state index contributed by atoms with van der Waals surface area (Å²) in [6, 6.07) is 3.81.